The monoisotopic (exact) mass is 376 g/mol. The summed E-state index contributed by atoms with van der Waals surface area (Å²) in [6.07, 6.45) is 6.43. The highest BCUT2D eigenvalue weighted by Crippen LogP contribution is 2.43. The molecule has 3 aromatic rings. The van der Waals surface area contributed by atoms with E-state index in [-0.39, 0.29) is 17.1 Å². The van der Waals surface area contributed by atoms with Gasteiger partial charge in [-0.2, -0.15) is 0 Å². The van der Waals surface area contributed by atoms with E-state index in [1.54, 1.807) is 42.7 Å². The lowest BCUT2D eigenvalue weighted by atomic mass is 9.64. The van der Waals surface area contributed by atoms with Crippen LogP contribution in [0.3, 0.4) is 0 Å². The van der Waals surface area contributed by atoms with E-state index < -0.39 is 0 Å². The van der Waals surface area contributed by atoms with Crippen molar-refractivity contribution in [1.29, 1.82) is 0 Å². The third-order valence-corrected chi connectivity index (χ3v) is 5.34. The zero-order valence-electron chi connectivity index (χ0n) is 15.4. The molecule has 0 spiro atoms. The average Bonchev–Trinajstić information content (AvgIpc) is 2.69. The van der Waals surface area contributed by atoms with Crippen molar-refractivity contribution in [1.82, 2.24) is 10.3 Å². The van der Waals surface area contributed by atoms with Crippen LogP contribution >= 0.6 is 0 Å². The summed E-state index contributed by atoms with van der Waals surface area (Å²) in [6, 6.07) is 17.3. The first-order chi connectivity index (χ1) is 13.6. The zero-order valence-corrected chi connectivity index (χ0v) is 15.4. The van der Waals surface area contributed by atoms with E-state index in [1.807, 2.05) is 18.2 Å². The first-order valence-electron chi connectivity index (χ1n) is 9.37. The second-order valence-corrected chi connectivity index (χ2v) is 7.14. The summed E-state index contributed by atoms with van der Waals surface area (Å²) in [5.41, 5.74) is 1.57. The summed E-state index contributed by atoms with van der Waals surface area (Å²) >= 11 is 0. The van der Waals surface area contributed by atoms with Crippen LogP contribution in [-0.4, -0.2) is 17.4 Å². The molecule has 1 aromatic heterocycles. The SMILES string of the molecule is O=C(NCC1(c2ccc(F)cc2)CCC1)c1ccc(Oc2cccnc2)cc1. The first-order valence-corrected chi connectivity index (χ1v) is 9.37. The van der Waals surface area contributed by atoms with Crippen molar-refractivity contribution in [2.45, 2.75) is 24.7 Å². The molecular weight excluding hydrogens is 355 g/mol. The van der Waals surface area contributed by atoms with Crippen LogP contribution in [0, 0.1) is 5.82 Å². The second kappa shape index (κ2) is 7.80. The third kappa shape index (κ3) is 3.88. The Morgan fingerprint density at radius 3 is 2.39 bits per heavy atom. The lowest BCUT2D eigenvalue weighted by Crippen LogP contribution is -2.45. The van der Waals surface area contributed by atoms with Gasteiger partial charge in [0, 0.05) is 23.7 Å². The Morgan fingerprint density at radius 2 is 1.79 bits per heavy atom. The Kier molecular flexibility index (Phi) is 5.06. The summed E-state index contributed by atoms with van der Waals surface area (Å²) in [5.74, 6) is 0.925. The minimum absolute atomic E-state index is 0.0906. The topological polar surface area (TPSA) is 51.2 Å². The predicted molar refractivity (Wildman–Crippen MR) is 105 cm³/mol. The molecule has 0 aliphatic heterocycles. The van der Waals surface area contributed by atoms with E-state index in [2.05, 4.69) is 10.3 Å². The van der Waals surface area contributed by atoms with Crippen molar-refractivity contribution >= 4 is 5.91 Å². The van der Waals surface area contributed by atoms with Gasteiger partial charge in [0.05, 0.1) is 6.20 Å². The molecule has 0 radical (unpaired) electrons. The van der Waals surface area contributed by atoms with Crippen LogP contribution in [0.1, 0.15) is 35.2 Å². The van der Waals surface area contributed by atoms with E-state index in [9.17, 15) is 9.18 Å². The Balaban J connectivity index is 1.38. The fraction of sp³-hybridized carbons (Fsp3) is 0.217. The molecule has 1 heterocycles. The van der Waals surface area contributed by atoms with Gasteiger partial charge in [-0.25, -0.2) is 4.39 Å². The van der Waals surface area contributed by atoms with Crippen LogP contribution in [0.4, 0.5) is 4.39 Å². The van der Waals surface area contributed by atoms with E-state index in [0.29, 0.717) is 23.6 Å². The Bertz CT molecular complexity index is 937. The summed E-state index contributed by atoms with van der Waals surface area (Å²) in [7, 11) is 0. The number of ether oxygens (including phenoxy) is 1. The molecule has 0 saturated heterocycles. The van der Waals surface area contributed by atoms with Crippen molar-refractivity contribution in [3.8, 4) is 11.5 Å². The number of pyridine rings is 1. The number of carbonyl (C=O) groups is 1. The smallest absolute Gasteiger partial charge is 0.251 e. The van der Waals surface area contributed by atoms with Gasteiger partial charge in [-0.3, -0.25) is 9.78 Å². The first kappa shape index (κ1) is 18.2. The van der Waals surface area contributed by atoms with Crippen molar-refractivity contribution in [2.75, 3.05) is 6.54 Å². The number of hydrogen-bond acceptors (Lipinski definition) is 3. The predicted octanol–water partition coefficient (Wildman–Crippen LogP) is 4.86. The molecule has 1 fully saturated rings. The second-order valence-electron chi connectivity index (χ2n) is 7.14. The van der Waals surface area contributed by atoms with Crippen LogP contribution in [0.5, 0.6) is 11.5 Å². The van der Waals surface area contributed by atoms with E-state index in [4.69, 9.17) is 4.74 Å². The minimum atomic E-state index is -0.240. The molecule has 1 aliphatic carbocycles. The number of nitrogens with one attached hydrogen (secondary N) is 1. The molecule has 28 heavy (non-hydrogen) atoms. The molecule has 0 bridgehead atoms. The maximum Gasteiger partial charge on any atom is 0.251 e. The molecule has 0 unspecified atom stereocenters. The fourth-order valence-corrected chi connectivity index (χ4v) is 3.54. The maximum absolute atomic E-state index is 13.2. The van der Waals surface area contributed by atoms with Gasteiger partial charge in [0.15, 0.2) is 0 Å². The number of benzene rings is 2. The van der Waals surface area contributed by atoms with Gasteiger partial charge in [0.25, 0.3) is 5.91 Å². The number of carbonyl (C=O) groups excluding carboxylic acids is 1. The van der Waals surface area contributed by atoms with Crippen LogP contribution in [0.25, 0.3) is 0 Å². The van der Waals surface area contributed by atoms with Crippen LogP contribution in [-0.2, 0) is 5.41 Å². The number of halogens is 1. The number of rotatable bonds is 6. The standard InChI is InChI=1S/C23H21FN2O2/c24-19-8-6-18(7-9-19)23(12-2-13-23)16-26-22(27)17-4-10-20(11-5-17)28-21-3-1-14-25-15-21/h1,3-11,14-15H,2,12-13,16H2,(H,26,27). The lowest BCUT2D eigenvalue weighted by molar-refractivity contribution is 0.0928. The van der Waals surface area contributed by atoms with E-state index >= 15 is 0 Å². The lowest BCUT2D eigenvalue weighted by Gasteiger charge is -2.42. The largest absolute Gasteiger partial charge is 0.456 e. The highest BCUT2D eigenvalue weighted by Gasteiger charge is 2.38. The van der Waals surface area contributed by atoms with Gasteiger partial charge in [0.2, 0.25) is 0 Å². The number of amides is 1. The van der Waals surface area contributed by atoms with Gasteiger partial charge < -0.3 is 10.1 Å². The Labute approximate surface area is 163 Å². The molecule has 5 heteroatoms. The third-order valence-electron chi connectivity index (χ3n) is 5.34. The highest BCUT2D eigenvalue weighted by molar-refractivity contribution is 5.94. The molecule has 1 N–H and O–H groups in total. The summed E-state index contributed by atoms with van der Waals surface area (Å²) < 4.78 is 18.9. The summed E-state index contributed by atoms with van der Waals surface area (Å²) in [5, 5.41) is 3.04. The number of nitrogens with zero attached hydrogens (tertiary/aromatic N) is 1. The summed E-state index contributed by atoms with van der Waals surface area (Å²) in [4.78, 5) is 16.6. The van der Waals surface area contributed by atoms with Gasteiger partial charge in [-0.05, 0) is 66.9 Å². The number of hydrogen-bond donors (Lipinski definition) is 1. The van der Waals surface area contributed by atoms with Gasteiger partial charge >= 0.3 is 0 Å². The van der Waals surface area contributed by atoms with Crippen molar-refractivity contribution in [2.24, 2.45) is 0 Å². The molecule has 0 atom stereocenters. The molecule has 1 aliphatic rings. The normalized spacial score (nSPS) is 14.8. The Morgan fingerprint density at radius 1 is 1.04 bits per heavy atom. The zero-order chi connectivity index (χ0) is 19.4. The average molecular weight is 376 g/mol. The molecule has 4 nitrogen and oxygen atoms in total. The quantitative estimate of drug-likeness (QED) is 0.668. The van der Waals surface area contributed by atoms with E-state index in [0.717, 1.165) is 24.8 Å². The van der Waals surface area contributed by atoms with Gasteiger partial charge in [-0.1, -0.05) is 18.6 Å². The summed E-state index contributed by atoms with van der Waals surface area (Å²) in [6.45, 7) is 0.547. The van der Waals surface area contributed by atoms with Crippen LogP contribution < -0.4 is 10.1 Å². The highest BCUT2D eigenvalue weighted by atomic mass is 19.1. The van der Waals surface area contributed by atoms with E-state index in [1.165, 1.54) is 12.1 Å². The maximum atomic E-state index is 13.2. The minimum Gasteiger partial charge on any atom is -0.456 e. The molecule has 1 saturated carbocycles. The van der Waals surface area contributed by atoms with Crippen LogP contribution in [0.15, 0.2) is 73.1 Å². The van der Waals surface area contributed by atoms with Crippen LogP contribution in [0.2, 0.25) is 0 Å². The Hall–Kier alpha value is -3.21. The van der Waals surface area contributed by atoms with Gasteiger partial charge in [-0.15, -0.1) is 0 Å². The molecular formula is C23H21FN2O2. The molecule has 1 amide bonds. The van der Waals surface area contributed by atoms with Crippen molar-refractivity contribution in [3.63, 3.8) is 0 Å². The fourth-order valence-electron chi connectivity index (χ4n) is 3.54. The molecule has 2 aromatic carbocycles. The van der Waals surface area contributed by atoms with Gasteiger partial charge in [0.1, 0.15) is 17.3 Å². The van der Waals surface area contributed by atoms with Crippen molar-refractivity contribution < 1.29 is 13.9 Å². The number of aromatic nitrogens is 1. The molecule has 4 rings (SSSR count). The van der Waals surface area contributed by atoms with Crippen molar-refractivity contribution in [3.05, 3.63) is 90.0 Å². The molecule has 142 valence electrons.